The summed E-state index contributed by atoms with van der Waals surface area (Å²) in [4.78, 5) is 15.3. The Bertz CT molecular complexity index is 445. The summed E-state index contributed by atoms with van der Waals surface area (Å²) >= 11 is 0. The van der Waals surface area contributed by atoms with Crippen molar-refractivity contribution in [2.24, 2.45) is 16.5 Å². The Morgan fingerprint density at radius 2 is 2.00 bits per heavy atom. The zero-order chi connectivity index (χ0) is 12.8. The molecule has 7 heteroatoms. The van der Waals surface area contributed by atoms with Crippen LogP contribution in [0.3, 0.4) is 0 Å². The van der Waals surface area contributed by atoms with Crippen molar-refractivity contribution in [2.75, 3.05) is 14.2 Å². The van der Waals surface area contributed by atoms with Gasteiger partial charge in [0.25, 0.3) is 0 Å². The number of methoxy groups -OCH3 is 2. The van der Waals surface area contributed by atoms with E-state index in [2.05, 4.69) is 9.73 Å². The maximum absolute atomic E-state index is 11.4. The Balaban J connectivity index is 0.00000289. The number of rotatable bonds is 4. The minimum absolute atomic E-state index is 0. The number of hydrogen-bond acceptors (Lipinski definition) is 4. The van der Waals surface area contributed by atoms with Crippen molar-refractivity contribution in [3.8, 4) is 5.75 Å². The van der Waals surface area contributed by atoms with Gasteiger partial charge in [-0.1, -0.05) is 6.07 Å². The fourth-order valence-corrected chi connectivity index (χ4v) is 1.30. The van der Waals surface area contributed by atoms with E-state index < -0.39 is 5.97 Å². The van der Waals surface area contributed by atoms with E-state index in [4.69, 9.17) is 16.2 Å². The lowest BCUT2D eigenvalue weighted by Gasteiger charge is -2.08. The van der Waals surface area contributed by atoms with Gasteiger partial charge in [-0.25, -0.2) is 9.79 Å². The van der Waals surface area contributed by atoms with Crippen molar-refractivity contribution in [3.05, 3.63) is 29.3 Å². The maximum Gasteiger partial charge on any atom is 0.341 e. The van der Waals surface area contributed by atoms with E-state index in [0.717, 1.165) is 5.56 Å². The summed E-state index contributed by atoms with van der Waals surface area (Å²) in [5, 5.41) is 0. The number of hydrogen-bond donors (Lipinski definition) is 2. The summed E-state index contributed by atoms with van der Waals surface area (Å²) in [5.74, 6) is -0.00334. The number of aliphatic imine (C=N–C) groups is 1. The zero-order valence-electron chi connectivity index (χ0n) is 10.2. The first-order valence-electron chi connectivity index (χ1n) is 4.89. The monoisotopic (exact) mass is 365 g/mol. The predicted molar refractivity (Wildman–Crippen MR) is 79.3 cm³/mol. The molecule has 0 spiro atoms. The molecular formula is C11H16IN3O3. The largest absolute Gasteiger partial charge is 0.496 e. The smallest absolute Gasteiger partial charge is 0.341 e. The van der Waals surface area contributed by atoms with Gasteiger partial charge >= 0.3 is 5.97 Å². The quantitative estimate of drug-likeness (QED) is 0.357. The first-order chi connectivity index (χ1) is 8.08. The third kappa shape index (κ3) is 4.40. The standard InChI is InChI=1S/C11H15N3O3.HI/c1-16-9-5-7(6-14-11(12)13)3-4-8(9)10(15)17-2;/h3-5H,6H2,1-2H3,(H4,12,13,14);1H. The summed E-state index contributed by atoms with van der Waals surface area (Å²) < 4.78 is 9.73. The van der Waals surface area contributed by atoms with Crippen LogP contribution < -0.4 is 16.2 Å². The highest BCUT2D eigenvalue weighted by atomic mass is 127. The maximum atomic E-state index is 11.4. The first-order valence-corrected chi connectivity index (χ1v) is 4.89. The van der Waals surface area contributed by atoms with Crippen molar-refractivity contribution in [3.63, 3.8) is 0 Å². The number of halogens is 1. The van der Waals surface area contributed by atoms with Crippen LogP contribution in [0, 0.1) is 0 Å². The van der Waals surface area contributed by atoms with E-state index in [1.807, 2.05) is 0 Å². The van der Waals surface area contributed by atoms with E-state index in [9.17, 15) is 4.79 Å². The third-order valence-electron chi connectivity index (χ3n) is 2.12. The molecule has 0 fully saturated rings. The van der Waals surface area contributed by atoms with E-state index in [1.54, 1.807) is 18.2 Å². The van der Waals surface area contributed by atoms with Crippen LogP contribution in [0.1, 0.15) is 15.9 Å². The first kappa shape index (κ1) is 16.5. The van der Waals surface area contributed by atoms with Crippen LogP contribution in [0.4, 0.5) is 0 Å². The van der Waals surface area contributed by atoms with Gasteiger partial charge in [0.15, 0.2) is 5.96 Å². The highest BCUT2D eigenvalue weighted by Crippen LogP contribution is 2.21. The topological polar surface area (TPSA) is 99.9 Å². The molecule has 4 N–H and O–H groups in total. The van der Waals surface area contributed by atoms with Crippen LogP contribution in [0.5, 0.6) is 5.75 Å². The van der Waals surface area contributed by atoms with Crippen LogP contribution in [0.25, 0.3) is 0 Å². The van der Waals surface area contributed by atoms with Crippen LogP contribution in [0.2, 0.25) is 0 Å². The zero-order valence-corrected chi connectivity index (χ0v) is 12.5. The lowest BCUT2D eigenvalue weighted by molar-refractivity contribution is 0.0597. The van der Waals surface area contributed by atoms with Gasteiger partial charge in [-0.05, 0) is 17.7 Å². The van der Waals surface area contributed by atoms with Gasteiger partial charge < -0.3 is 20.9 Å². The second-order valence-corrected chi connectivity index (χ2v) is 3.27. The normalized spacial score (nSPS) is 9.00. The number of carbonyl (C=O) groups is 1. The predicted octanol–water partition coefficient (Wildman–Crippen LogP) is 0.873. The number of esters is 1. The van der Waals surface area contributed by atoms with Gasteiger partial charge in [-0.15, -0.1) is 24.0 Å². The summed E-state index contributed by atoms with van der Waals surface area (Å²) in [6.45, 7) is 0.333. The van der Waals surface area contributed by atoms with E-state index in [0.29, 0.717) is 17.9 Å². The summed E-state index contributed by atoms with van der Waals surface area (Å²) in [6.07, 6.45) is 0. The molecule has 1 aromatic rings. The lowest BCUT2D eigenvalue weighted by Crippen LogP contribution is -2.22. The third-order valence-corrected chi connectivity index (χ3v) is 2.12. The van der Waals surface area contributed by atoms with Crippen LogP contribution in [0.15, 0.2) is 23.2 Å². The van der Waals surface area contributed by atoms with Gasteiger partial charge in [-0.2, -0.15) is 0 Å². The Kier molecular flexibility index (Phi) is 7.10. The van der Waals surface area contributed by atoms with Gasteiger partial charge in [-0.3, -0.25) is 0 Å². The Morgan fingerprint density at radius 1 is 1.33 bits per heavy atom. The number of benzene rings is 1. The molecule has 0 bridgehead atoms. The van der Waals surface area contributed by atoms with E-state index in [-0.39, 0.29) is 29.9 Å². The van der Waals surface area contributed by atoms with Crippen molar-refractivity contribution < 1.29 is 14.3 Å². The van der Waals surface area contributed by atoms with E-state index in [1.165, 1.54) is 14.2 Å². The average Bonchev–Trinajstić information content (AvgIpc) is 2.34. The molecule has 0 aliphatic heterocycles. The minimum atomic E-state index is -0.449. The fourth-order valence-electron chi connectivity index (χ4n) is 1.30. The molecule has 0 atom stereocenters. The molecule has 1 rings (SSSR count). The van der Waals surface area contributed by atoms with Gasteiger partial charge in [0, 0.05) is 0 Å². The Hall–Kier alpha value is -1.51. The van der Waals surface area contributed by atoms with Crippen LogP contribution >= 0.6 is 24.0 Å². The van der Waals surface area contributed by atoms with E-state index >= 15 is 0 Å². The molecule has 0 amide bonds. The van der Waals surface area contributed by atoms with Crippen molar-refractivity contribution in [2.45, 2.75) is 6.54 Å². The highest BCUT2D eigenvalue weighted by molar-refractivity contribution is 14.0. The van der Waals surface area contributed by atoms with Crippen LogP contribution in [-0.4, -0.2) is 26.1 Å². The number of nitrogens with two attached hydrogens (primary N) is 2. The molecule has 0 saturated heterocycles. The molecule has 100 valence electrons. The molecule has 0 radical (unpaired) electrons. The summed E-state index contributed by atoms with van der Waals surface area (Å²) in [6, 6.07) is 5.04. The summed E-state index contributed by atoms with van der Waals surface area (Å²) in [5.41, 5.74) is 11.7. The lowest BCUT2D eigenvalue weighted by atomic mass is 10.1. The van der Waals surface area contributed by atoms with Crippen molar-refractivity contribution in [1.82, 2.24) is 0 Å². The number of carbonyl (C=O) groups excluding carboxylic acids is 1. The van der Waals surface area contributed by atoms with Gasteiger partial charge in [0.1, 0.15) is 11.3 Å². The number of nitrogens with zero attached hydrogens (tertiary/aromatic N) is 1. The molecular weight excluding hydrogens is 349 g/mol. The molecule has 0 aliphatic carbocycles. The summed E-state index contributed by atoms with van der Waals surface area (Å²) in [7, 11) is 2.79. The van der Waals surface area contributed by atoms with Crippen molar-refractivity contribution >= 4 is 35.9 Å². The molecule has 0 aliphatic rings. The SMILES string of the molecule is COC(=O)c1ccc(CN=C(N)N)cc1OC.I. The average molecular weight is 365 g/mol. The Morgan fingerprint density at radius 3 is 2.50 bits per heavy atom. The molecule has 1 aromatic carbocycles. The van der Waals surface area contributed by atoms with Crippen LogP contribution in [-0.2, 0) is 11.3 Å². The number of ether oxygens (including phenoxy) is 2. The molecule has 18 heavy (non-hydrogen) atoms. The molecule has 0 unspecified atom stereocenters. The molecule has 0 heterocycles. The second-order valence-electron chi connectivity index (χ2n) is 3.27. The van der Waals surface area contributed by atoms with Gasteiger partial charge in [0.2, 0.25) is 0 Å². The van der Waals surface area contributed by atoms with Crippen molar-refractivity contribution in [1.29, 1.82) is 0 Å². The minimum Gasteiger partial charge on any atom is -0.496 e. The highest BCUT2D eigenvalue weighted by Gasteiger charge is 2.12. The Labute approximate surface area is 122 Å². The molecule has 6 nitrogen and oxygen atoms in total. The van der Waals surface area contributed by atoms with Gasteiger partial charge in [0.05, 0.1) is 20.8 Å². The molecule has 0 aromatic heterocycles. The fraction of sp³-hybridized carbons (Fsp3) is 0.273. The second kappa shape index (κ2) is 7.75. The molecule has 0 saturated carbocycles. The number of guanidine groups is 1.